The van der Waals surface area contributed by atoms with Gasteiger partial charge in [0.2, 0.25) is 0 Å². The van der Waals surface area contributed by atoms with Crippen LogP contribution < -0.4 is 10.8 Å². The van der Waals surface area contributed by atoms with Gasteiger partial charge in [0.05, 0.1) is 0 Å². The topological polar surface area (TPSA) is 92.8 Å². The summed E-state index contributed by atoms with van der Waals surface area (Å²) in [6.07, 6.45) is 8.92. The van der Waals surface area contributed by atoms with Crippen LogP contribution in [0.3, 0.4) is 0 Å². The van der Waals surface area contributed by atoms with Crippen molar-refractivity contribution in [1.82, 2.24) is 15.4 Å². The standard InChI is InChI=1S/C25H29ClN4O4/c26-20-8-6-19(7-9-20)25(32)30-14-12-21(13-15-30)28-22-10-4-18(17-27-22)5-11-23(31)29-34-24-3-1-2-16-33-24/h4-11,17,21,24H,1-3,12-16H2,(H,27,28)(H,29,31). The highest BCUT2D eigenvalue weighted by Crippen LogP contribution is 2.19. The number of hydroxylamine groups is 1. The largest absolute Gasteiger partial charge is 0.367 e. The smallest absolute Gasteiger partial charge is 0.267 e. The van der Waals surface area contributed by atoms with Gasteiger partial charge < -0.3 is 15.0 Å². The summed E-state index contributed by atoms with van der Waals surface area (Å²) in [7, 11) is 0. The molecule has 1 aromatic carbocycles. The van der Waals surface area contributed by atoms with Gasteiger partial charge in [0.25, 0.3) is 11.8 Å². The Morgan fingerprint density at radius 2 is 1.88 bits per heavy atom. The maximum atomic E-state index is 12.6. The number of carbonyl (C=O) groups excluding carboxylic acids is 2. The molecule has 3 heterocycles. The predicted octanol–water partition coefficient (Wildman–Crippen LogP) is 4.04. The molecule has 0 aliphatic carbocycles. The lowest BCUT2D eigenvalue weighted by Gasteiger charge is -2.32. The molecule has 0 saturated carbocycles. The van der Waals surface area contributed by atoms with Crippen molar-refractivity contribution < 1.29 is 19.2 Å². The van der Waals surface area contributed by atoms with Gasteiger partial charge in [0.1, 0.15) is 5.82 Å². The zero-order valence-corrected chi connectivity index (χ0v) is 19.7. The van der Waals surface area contributed by atoms with E-state index in [1.807, 2.05) is 17.0 Å². The Hall–Kier alpha value is -2.94. The Kier molecular flexibility index (Phi) is 8.51. The molecular formula is C25H29ClN4O4. The van der Waals surface area contributed by atoms with E-state index in [0.717, 1.165) is 43.5 Å². The van der Waals surface area contributed by atoms with Crippen LogP contribution in [0.1, 0.15) is 48.0 Å². The van der Waals surface area contributed by atoms with E-state index < -0.39 is 0 Å². The van der Waals surface area contributed by atoms with Gasteiger partial charge in [-0.1, -0.05) is 11.6 Å². The summed E-state index contributed by atoms with van der Waals surface area (Å²) < 4.78 is 5.41. The molecule has 8 nitrogen and oxygen atoms in total. The fourth-order valence-electron chi connectivity index (χ4n) is 3.93. The fourth-order valence-corrected chi connectivity index (χ4v) is 4.06. The molecule has 180 valence electrons. The highest BCUT2D eigenvalue weighted by molar-refractivity contribution is 6.30. The number of aromatic nitrogens is 1. The van der Waals surface area contributed by atoms with Crippen molar-refractivity contribution in [3.8, 4) is 0 Å². The number of benzene rings is 1. The molecule has 2 aromatic rings. The lowest BCUT2D eigenvalue weighted by atomic mass is 10.0. The van der Waals surface area contributed by atoms with E-state index in [9.17, 15) is 9.59 Å². The first-order valence-corrected chi connectivity index (χ1v) is 12.0. The van der Waals surface area contributed by atoms with E-state index in [2.05, 4.69) is 15.8 Å². The molecule has 1 atom stereocenters. The molecule has 2 fully saturated rings. The van der Waals surface area contributed by atoms with E-state index in [4.69, 9.17) is 21.2 Å². The van der Waals surface area contributed by atoms with Crippen molar-refractivity contribution in [3.05, 3.63) is 64.8 Å². The number of hydrogen-bond donors (Lipinski definition) is 2. The molecule has 0 radical (unpaired) electrons. The molecule has 1 aromatic heterocycles. The van der Waals surface area contributed by atoms with Gasteiger partial charge in [-0.3, -0.25) is 9.59 Å². The quantitative estimate of drug-likeness (QED) is 0.455. The summed E-state index contributed by atoms with van der Waals surface area (Å²) in [6.45, 7) is 2.02. The number of amides is 2. The number of ether oxygens (including phenoxy) is 1. The zero-order valence-electron chi connectivity index (χ0n) is 18.9. The predicted molar refractivity (Wildman–Crippen MR) is 130 cm³/mol. The average molecular weight is 485 g/mol. The first-order chi connectivity index (χ1) is 16.6. The van der Waals surface area contributed by atoms with Crippen molar-refractivity contribution in [2.24, 2.45) is 0 Å². The van der Waals surface area contributed by atoms with Gasteiger partial charge in [-0.15, -0.1) is 0 Å². The van der Waals surface area contributed by atoms with E-state index >= 15 is 0 Å². The highest BCUT2D eigenvalue weighted by Gasteiger charge is 2.23. The number of halogens is 1. The summed E-state index contributed by atoms with van der Waals surface area (Å²) in [5, 5.41) is 4.05. The van der Waals surface area contributed by atoms with E-state index in [0.29, 0.717) is 30.3 Å². The zero-order chi connectivity index (χ0) is 23.8. The minimum Gasteiger partial charge on any atom is -0.367 e. The van der Waals surface area contributed by atoms with Crippen LogP contribution in [0.2, 0.25) is 5.02 Å². The first kappa shape index (κ1) is 24.2. The summed E-state index contributed by atoms with van der Waals surface area (Å²) >= 11 is 5.91. The van der Waals surface area contributed by atoms with Gasteiger partial charge in [-0.2, -0.15) is 0 Å². The second-order valence-corrected chi connectivity index (χ2v) is 8.84. The third kappa shape index (κ3) is 7.03. The SMILES string of the molecule is O=C(C=Cc1ccc(NC2CCN(C(=O)c3ccc(Cl)cc3)CC2)nc1)NOC1CCCCO1. The van der Waals surface area contributed by atoms with Crippen LogP contribution in [0.15, 0.2) is 48.7 Å². The van der Waals surface area contributed by atoms with Crippen molar-refractivity contribution in [2.75, 3.05) is 25.0 Å². The molecule has 2 aliphatic rings. The molecule has 0 bridgehead atoms. The summed E-state index contributed by atoms with van der Waals surface area (Å²) in [5.41, 5.74) is 3.86. The number of nitrogens with zero attached hydrogens (tertiary/aromatic N) is 2. The number of pyridine rings is 1. The van der Waals surface area contributed by atoms with Crippen LogP contribution in [0.25, 0.3) is 6.08 Å². The van der Waals surface area contributed by atoms with Crippen molar-refractivity contribution in [2.45, 2.75) is 44.4 Å². The lowest BCUT2D eigenvalue weighted by molar-refractivity contribution is -0.198. The number of anilines is 1. The highest BCUT2D eigenvalue weighted by atomic mass is 35.5. The van der Waals surface area contributed by atoms with E-state index in [1.165, 1.54) is 6.08 Å². The number of rotatable bonds is 7. The van der Waals surface area contributed by atoms with Crippen LogP contribution in [-0.2, 0) is 14.4 Å². The van der Waals surface area contributed by atoms with Gasteiger partial charge in [0, 0.05) is 55.0 Å². The number of carbonyl (C=O) groups is 2. The Morgan fingerprint density at radius 1 is 1.09 bits per heavy atom. The lowest BCUT2D eigenvalue weighted by Crippen LogP contribution is -2.42. The molecule has 2 amide bonds. The molecular weight excluding hydrogens is 456 g/mol. The number of hydrogen-bond acceptors (Lipinski definition) is 6. The van der Waals surface area contributed by atoms with Crippen molar-refractivity contribution >= 4 is 35.3 Å². The van der Waals surface area contributed by atoms with Gasteiger partial charge >= 0.3 is 0 Å². The maximum Gasteiger partial charge on any atom is 0.267 e. The van der Waals surface area contributed by atoms with Crippen molar-refractivity contribution in [1.29, 1.82) is 0 Å². The Balaban J connectivity index is 1.19. The average Bonchev–Trinajstić information content (AvgIpc) is 2.88. The Labute approximate surface area is 204 Å². The van der Waals surface area contributed by atoms with Crippen molar-refractivity contribution in [3.63, 3.8) is 0 Å². The Morgan fingerprint density at radius 3 is 2.56 bits per heavy atom. The third-order valence-electron chi connectivity index (χ3n) is 5.87. The molecule has 0 spiro atoms. The van der Waals surface area contributed by atoms with Crippen LogP contribution in [0.4, 0.5) is 5.82 Å². The number of nitrogens with one attached hydrogen (secondary N) is 2. The maximum absolute atomic E-state index is 12.6. The van der Waals surface area contributed by atoms with E-state index in [1.54, 1.807) is 36.5 Å². The van der Waals surface area contributed by atoms with Gasteiger partial charge in [-0.05, 0) is 73.7 Å². The fraction of sp³-hybridized carbons (Fsp3) is 0.400. The molecule has 4 rings (SSSR count). The minimum atomic E-state index is -0.374. The minimum absolute atomic E-state index is 0.0325. The number of likely N-dealkylation sites (tertiary alicyclic amines) is 1. The summed E-state index contributed by atoms with van der Waals surface area (Å²) in [4.78, 5) is 36.1. The van der Waals surface area contributed by atoms with Crippen LogP contribution in [0.5, 0.6) is 0 Å². The summed E-state index contributed by atoms with van der Waals surface area (Å²) in [5.74, 6) is 0.447. The molecule has 2 saturated heterocycles. The van der Waals surface area contributed by atoms with Gasteiger partial charge in [-0.25, -0.2) is 15.3 Å². The molecule has 9 heteroatoms. The second-order valence-electron chi connectivity index (χ2n) is 8.41. The van der Waals surface area contributed by atoms with Gasteiger partial charge in [0.15, 0.2) is 6.29 Å². The van der Waals surface area contributed by atoms with E-state index in [-0.39, 0.29) is 24.1 Å². The molecule has 34 heavy (non-hydrogen) atoms. The van der Waals surface area contributed by atoms with Crippen LogP contribution in [-0.4, -0.2) is 53.7 Å². The molecule has 1 unspecified atom stereocenters. The normalized spacial score (nSPS) is 19.2. The third-order valence-corrected chi connectivity index (χ3v) is 6.12. The first-order valence-electron chi connectivity index (χ1n) is 11.6. The van der Waals surface area contributed by atoms with Crippen LogP contribution in [0, 0.1) is 0 Å². The number of piperidine rings is 1. The second kappa shape index (κ2) is 12.0. The molecule has 2 N–H and O–H groups in total. The Bertz CT molecular complexity index is 983. The molecule has 2 aliphatic heterocycles. The van der Waals surface area contributed by atoms with Crippen LogP contribution >= 0.6 is 11.6 Å². The monoisotopic (exact) mass is 484 g/mol. The summed E-state index contributed by atoms with van der Waals surface area (Å²) in [6, 6.07) is 11.0.